The van der Waals surface area contributed by atoms with Gasteiger partial charge in [-0.05, 0) is 123 Å². The van der Waals surface area contributed by atoms with Crippen LogP contribution >= 0.6 is 0 Å². The fraction of sp³-hybridized carbons (Fsp3) is 0.867. The molecule has 0 spiro atoms. The van der Waals surface area contributed by atoms with Crippen molar-refractivity contribution in [2.75, 3.05) is 0 Å². The minimum absolute atomic E-state index is 0.0868. The fourth-order valence-electron chi connectivity index (χ4n) is 9.30. The van der Waals surface area contributed by atoms with Crippen LogP contribution in [-0.2, 0) is 0 Å². The summed E-state index contributed by atoms with van der Waals surface area (Å²) in [4.78, 5) is 0. The molecule has 0 aliphatic heterocycles. The molecule has 0 aromatic heterocycles. The van der Waals surface area contributed by atoms with E-state index < -0.39 is 0 Å². The van der Waals surface area contributed by atoms with Gasteiger partial charge in [-0.2, -0.15) is 0 Å². The topological polar surface area (TPSA) is 20.2 Å². The lowest BCUT2D eigenvalue weighted by molar-refractivity contribution is -0.0571. The van der Waals surface area contributed by atoms with Crippen LogP contribution in [0.1, 0.15) is 112 Å². The van der Waals surface area contributed by atoms with E-state index in [4.69, 9.17) is 0 Å². The molecule has 1 heteroatoms. The Morgan fingerprint density at radius 2 is 1.84 bits per heavy atom. The maximum Gasteiger partial charge on any atom is 0.0577 e. The molecular weight excluding hydrogens is 376 g/mol. The van der Waals surface area contributed by atoms with Crippen LogP contribution in [0, 0.1) is 46.3 Å². The summed E-state index contributed by atoms with van der Waals surface area (Å²) in [5, 5.41) is 10.3. The molecule has 31 heavy (non-hydrogen) atoms. The van der Waals surface area contributed by atoms with Crippen molar-refractivity contribution in [2.45, 2.75) is 118 Å². The van der Waals surface area contributed by atoms with Gasteiger partial charge in [0.05, 0.1) is 6.10 Å². The molecule has 0 amide bonds. The predicted molar refractivity (Wildman–Crippen MR) is 133 cm³/mol. The highest BCUT2D eigenvalue weighted by atomic mass is 16.3. The molecule has 4 aliphatic carbocycles. The van der Waals surface area contributed by atoms with E-state index in [9.17, 15) is 5.11 Å². The number of aliphatic hydroxyl groups is 1. The molecule has 8 unspecified atom stereocenters. The molecule has 0 radical (unpaired) electrons. The standard InChI is InChI=1S/C30H50O/c1-7-22(8-2)20(3)9-10-21(4)26-13-14-27-25-12-11-23-19-24(31)15-17-29(23,5)28(25)16-18-30(26,27)6/h11,21-22,24-28,31H,3,7-10,12-19H2,1-2,4-6H3. The van der Waals surface area contributed by atoms with Crippen molar-refractivity contribution >= 4 is 0 Å². The summed E-state index contributed by atoms with van der Waals surface area (Å²) in [6.07, 6.45) is 17.8. The molecule has 4 rings (SSSR count). The molecule has 0 heterocycles. The average Bonchev–Trinajstić information content (AvgIpc) is 3.10. The van der Waals surface area contributed by atoms with Gasteiger partial charge in [0.1, 0.15) is 0 Å². The van der Waals surface area contributed by atoms with Crippen molar-refractivity contribution < 1.29 is 5.11 Å². The second-order valence-electron chi connectivity index (χ2n) is 12.6. The van der Waals surface area contributed by atoms with Crippen LogP contribution in [0.4, 0.5) is 0 Å². The first kappa shape index (κ1) is 23.6. The number of aliphatic hydroxyl groups excluding tert-OH is 1. The van der Waals surface area contributed by atoms with Gasteiger partial charge in [-0.25, -0.2) is 0 Å². The Morgan fingerprint density at radius 1 is 1.10 bits per heavy atom. The third-order valence-corrected chi connectivity index (χ3v) is 11.3. The van der Waals surface area contributed by atoms with Crippen LogP contribution in [0.3, 0.4) is 0 Å². The summed E-state index contributed by atoms with van der Waals surface area (Å²) in [6.45, 7) is 16.9. The van der Waals surface area contributed by atoms with Crippen LogP contribution < -0.4 is 0 Å². The van der Waals surface area contributed by atoms with Crippen molar-refractivity contribution in [2.24, 2.45) is 46.3 Å². The molecule has 0 bridgehead atoms. The molecule has 1 N–H and O–H groups in total. The molecule has 0 aromatic carbocycles. The van der Waals surface area contributed by atoms with Crippen LogP contribution in [0.25, 0.3) is 0 Å². The van der Waals surface area contributed by atoms with Crippen LogP contribution in [0.15, 0.2) is 23.8 Å². The summed E-state index contributed by atoms with van der Waals surface area (Å²) in [7, 11) is 0. The van der Waals surface area contributed by atoms with Gasteiger partial charge < -0.3 is 5.11 Å². The average molecular weight is 427 g/mol. The van der Waals surface area contributed by atoms with Crippen molar-refractivity contribution in [1.29, 1.82) is 0 Å². The molecule has 176 valence electrons. The van der Waals surface area contributed by atoms with Gasteiger partial charge >= 0.3 is 0 Å². The predicted octanol–water partition coefficient (Wildman–Crippen LogP) is 8.34. The van der Waals surface area contributed by atoms with E-state index in [2.05, 4.69) is 47.3 Å². The van der Waals surface area contributed by atoms with Crippen molar-refractivity contribution in [3.63, 3.8) is 0 Å². The summed E-state index contributed by atoms with van der Waals surface area (Å²) in [5.41, 5.74) is 4.05. The fourth-order valence-corrected chi connectivity index (χ4v) is 9.30. The first-order chi connectivity index (χ1) is 14.7. The lowest BCUT2D eigenvalue weighted by Gasteiger charge is -2.58. The van der Waals surface area contributed by atoms with E-state index in [-0.39, 0.29) is 6.10 Å². The van der Waals surface area contributed by atoms with E-state index in [0.29, 0.717) is 10.8 Å². The minimum Gasteiger partial charge on any atom is -0.393 e. The lowest BCUT2D eigenvalue weighted by atomic mass is 9.47. The van der Waals surface area contributed by atoms with Gasteiger partial charge in [-0.1, -0.05) is 58.4 Å². The normalized spacial score (nSPS) is 43.1. The largest absolute Gasteiger partial charge is 0.393 e. The Hall–Kier alpha value is -0.560. The Labute approximate surface area is 193 Å². The third kappa shape index (κ3) is 4.00. The monoisotopic (exact) mass is 426 g/mol. The van der Waals surface area contributed by atoms with Crippen LogP contribution in [-0.4, -0.2) is 11.2 Å². The first-order valence-electron chi connectivity index (χ1n) is 13.8. The third-order valence-electron chi connectivity index (χ3n) is 11.3. The molecule has 0 aromatic rings. The number of fused-ring (bicyclic) bond motifs is 5. The minimum atomic E-state index is -0.0868. The van der Waals surface area contributed by atoms with Gasteiger partial charge in [0.25, 0.3) is 0 Å². The Balaban J connectivity index is 1.45. The van der Waals surface area contributed by atoms with Crippen LogP contribution in [0.5, 0.6) is 0 Å². The quantitative estimate of drug-likeness (QED) is 0.406. The first-order valence-corrected chi connectivity index (χ1v) is 13.8. The maximum absolute atomic E-state index is 10.3. The van der Waals surface area contributed by atoms with Crippen LogP contribution in [0.2, 0.25) is 0 Å². The van der Waals surface area contributed by atoms with Crippen molar-refractivity contribution in [3.8, 4) is 0 Å². The summed E-state index contributed by atoms with van der Waals surface area (Å²) in [6, 6.07) is 0. The smallest absolute Gasteiger partial charge is 0.0577 e. The highest BCUT2D eigenvalue weighted by Gasteiger charge is 2.59. The van der Waals surface area contributed by atoms with Gasteiger partial charge in [-0.15, -0.1) is 0 Å². The Kier molecular flexibility index (Phi) is 6.85. The number of rotatable bonds is 7. The molecule has 3 fully saturated rings. The summed E-state index contributed by atoms with van der Waals surface area (Å²) < 4.78 is 0. The Morgan fingerprint density at radius 3 is 2.55 bits per heavy atom. The summed E-state index contributed by atoms with van der Waals surface area (Å²) in [5.74, 6) is 5.13. The highest BCUT2D eigenvalue weighted by molar-refractivity contribution is 5.25. The number of allylic oxidation sites excluding steroid dienone is 2. The van der Waals surface area contributed by atoms with E-state index >= 15 is 0 Å². The molecule has 4 aliphatic rings. The van der Waals surface area contributed by atoms with Crippen molar-refractivity contribution in [3.05, 3.63) is 23.8 Å². The van der Waals surface area contributed by atoms with E-state index in [1.165, 1.54) is 69.8 Å². The van der Waals surface area contributed by atoms with Gasteiger partial charge in [0.15, 0.2) is 0 Å². The zero-order valence-corrected chi connectivity index (χ0v) is 21.3. The summed E-state index contributed by atoms with van der Waals surface area (Å²) >= 11 is 0. The molecule has 0 saturated heterocycles. The van der Waals surface area contributed by atoms with Crippen molar-refractivity contribution in [1.82, 2.24) is 0 Å². The van der Waals surface area contributed by atoms with Gasteiger partial charge in [0.2, 0.25) is 0 Å². The second-order valence-corrected chi connectivity index (χ2v) is 12.6. The van der Waals surface area contributed by atoms with E-state index in [0.717, 1.165) is 48.3 Å². The zero-order valence-electron chi connectivity index (χ0n) is 21.3. The number of hydrogen-bond acceptors (Lipinski definition) is 1. The molecular formula is C30H50O. The lowest BCUT2D eigenvalue weighted by Crippen LogP contribution is -2.50. The van der Waals surface area contributed by atoms with E-state index in [1.807, 2.05) is 0 Å². The maximum atomic E-state index is 10.3. The molecule has 1 nitrogen and oxygen atoms in total. The molecule has 8 atom stereocenters. The SMILES string of the molecule is C=C(CCC(C)C1CCC2C3CC=C4CC(O)CCC4(C)C3CCC12C)C(CC)CC. The van der Waals surface area contributed by atoms with Gasteiger partial charge in [0, 0.05) is 0 Å². The zero-order chi connectivity index (χ0) is 22.4. The second kappa shape index (κ2) is 9.00. The Bertz CT molecular complexity index is 687. The van der Waals surface area contributed by atoms with E-state index in [1.54, 1.807) is 5.57 Å². The number of hydrogen-bond donors (Lipinski definition) is 1. The highest BCUT2D eigenvalue weighted by Crippen LogP contribution is 2.67. The van der Waals surface area contributed by atoms with Gasteiger partial charge in [-0.3, -0.25) is 0 Å². The molecule has 3 saturated carbocycles.